The molecule has 26 heavy (non-hydrogen) atoms. The smallest absolute Gasteiger partial charge is 0.225 e. The van der Waals surface area contributed by atoms with Crippen molar-refractivity contribution in [3.63, 3.8) is 0 Å². The molecule has 1 aliphatic rings. The highest BCUT2D eigenvalue weighted by molar-refractivity contribution is 5.89. The molecule has 3 aromatic rings. The van der Waals surface area contributed by atoms with Gasteiger partial charge in [0.25, 0.3) is 0 Å². The van der Waals surface area contributed by atoms with Gasteiger partial charge in [-0.3, -0.25) is 14.6 Å². The lowest BCUT2D eigenvalue weighted by atomic mass is 10.1. The standard InChI is InChI=1S/C19H19N5O2/c25-18-9-14(11-24(18)12-15-5-1-3-7-20-15)19(26)21-10-16-13-23-8-4-2-6-17(23)22-16/h1-8,13-14H,9-12H2,(H,21,26)/t14-/m1/s1. The van der Waals surface area contributed by atoms with Crippen molar-refractivity contribution >= 4 is 17.5 Å². The van der Waals surface area contributed by atoms with Crippen LogP contribution in [0.1, 0.15) is 17.8 Å². The molecule has 1 aliphatic heterocycles. The maximum Gasteiger partial charge on any atom is 0.225 e. The highest BCUT2D eigenvalue weighted by Gasteiger charge is 2.34. The number of fused-ring (bicyclic) bond motifs is 1. The quantitative estimate of drug-likeness (QED) is 0.755. The van der Waals surface area contributed by atoms with Crippen molar-refractivity contribution in [2.24, 2.45) is 5.92 Å². The van der Waals surface area contributed by atoms with Crippen molar-refractivity contribution in [3.8, 4) is 0 Å². The van der Waals surface area contributed by atoms with Gasteiger partial charge in [-0.25, -0.2) is 4.98 Å². The number of nitrogens with one attached hydrogen (secondary N) is 1. The average Bonchev–Trinajstić information content (AvgIpc) is 3.24. The molecule has 2 amide bonds. The maximum atomic E-state index is 12.4. The highest BCUT2D eigenvalue weighted by atomic mass is 16.2. The van der Waals surface area contributed by atoms with Gasteiger partial charge in [0.15, 0.2) is 0 Å². The van der Waals surface area contributed by atoms with Crippen LogP contribution in [0.5, 0.6) is 0 Å². The van der Waals surface area contributed by atoms with Crippen molar-refractivity contribution in [2.45, 2.75) is 19.5 Å². The van der Waals surface area contributed by atoms with Gasteiger partial charge in [-0.15, -0.1) is 0 Å². The lowest BCUT2D eigenvalue weighted by Crippen LogP contribution is -2.32. The van der Waals surface area contributed by atoms with E-state index >= 15 is 0 Å². The van der Waals surface area contributed by atoms with Gasteiger partial charge in [0.1, 0.15) is 5.65 Å². The predicted molar refractivity (Wildman–Crippen MR) is 94.8 cm³/mol. The van der Waals surface area contributed by atoms with E-state index in [1.54, 1.807) is 11.1 Å². The third kappa shape index (κ3) is 3.42. The Balaban J connectivity index is 1.34. The number of pyridine rings is 2. The fourth-order valence-corrected chi connectivity index (χ4v) is 3.18. The number of rotatable bonds is 5. The minimum Gasteiger partial charge on any atom is -0.350 e. The molecule has 1 fully saturated rings. The number of hydrogen-bond acceptors (Lipinski definition) is 4. The minimum absolute atomic E-state index is 0.0106. The minimum atomic E-state index is -0.330. The van der Waals surface area contributed by atoms with E-state index in [0.29, 0.717) is 19.6 Å². The van der Waals surface area contributed by atoms with Crippen molar-refractivity contribution < 1.29 is 9.59 Å². The molecule has 0 unspecified atom stereocenters. The Hall–Kier alpha value is -3.22. The zero-order valence-electron chi connectivity index (χ0n) is 14.2. The van der Waals surface area contributed by atoms with E-state index in [2.05, 4.69) is 15.3 Å². The summed E-state index contributed by atoms with van der Waals surface area (Å²) in [4.78, 5) is 35.0. The lowest BCUT2D eigenvalue weighted by Gasteiger charge is -2.15. The summed E-state index contributed by atoms with van der Waals surface area (Å²) in [5.74, 6) is -0.453. The second-order valence-corrected chi connectivity index (χ2v) is 6.41. The Morgan fingerprint density at radius 3 is 2.88 bits per heavy atom. The molecule has 0 spiro atoms. The Morgan fingerprint density at radius 1 is 1.19 bits per heavy atom. The first-order valence-electron chi connectivity index (χ1n) is 8.57. The monoisotopic (exact) mass is 349 g/mol. The molecule has 7 heteroatoms. The van der Waals surface area contributed by atoms with Crippen LogP contribution in [0.15, 0.2) is 55.0 Å². The van der Waals surface area contributed by atoms with Gasteiger partial charge in [0.2, 0.25) is 11.8 Å². The summed E-state index contributed by atoms with van der Waals surface area (Å²) in [6, 6.07) is 11.4. The van der Waals surface area contributed by atoms with Crippen LogP contribution < -0.4 is 5.32 Å². The average molecular weight is 349 g/mol. The second kappa shape index (κ2) is 6.95. The summed E-state index contributed by atoms with van der Waals surface area (Å²) in [6.45, 7) is 1.22. The molecule has 1 N–H and O–H groups in total. The molecule has 0 saturated carbocycles. The van der Waals surface area contributed by atoms with Gasteiger partial charge in [-0.2, -0.15) is 0 Å². The maximum absolute atomic E-state index is 12.4. The van der Waals surface area contributed by atoms with Crippen LogP contribution in [0.25, 0.3) is 5.65 Å². The number of amides is 2. The first-order chi connectivity index (χ1) is 12.7. The van der Waals surface area contributed by atoms with Gasteiger partial charge in [-0.05, 0) is 24.3 Å². The summed E-state index contributed by atoms with van der Waals surface area (Å²) in [6.07, 6.45) is 5.75. The lowest BCUT2D eigenvalue weighted by molar-refractivity contribution is -0.129. The molecular formula is C19H19N5O2. The fourth-order valence-electron chi connectivity index (χ4n) is 3.18. The summed E-state index contributed by atoms with van der Waals surface area (Å²) in [7, 11) is 0. The molecular weight excluding hydrogens is 330 g/mol. The Kier molecular flexibility index (Phi) is 4.35. The summed E-state index contributed by atoms with van der Waals surface area (Å²) in [5, 5.41) is 2.90. The molecule has 4 heterocycles. The van der Waals surface area contributed by atoms with E-state index in [-0.39, 0.29) is 24.2 Å². The van der Waals surface area contributed by atoms with Crippen LogP contribution >= 0.6 is 0 Å². The molecule has 0 aromatic carbocycles. The van der Waals surface area contributed by atoms with E-state index in [9.17, 15) is 9.59 Å². The highest BCUT2D eigenvalue weighted by Crippen LogP contribution is 2.20. The van der Waals surface area contributed by atoms with Crippen LogP contribution in [-0.2, 0) is 22.7 Å². The number of carbonyl (C=O) groups is 2. The van der Waals surface area contributed by atoms with Gasteiger partial charge in [-0.1, -0.05) is 12.1 Å². The second-order valence-electron chi connectivity index (χ2n) is 6.41. The number of hydrogen-bond donors (Lipinski definition) is 1. The molecule has 1 atom stereocenters. The Bertz CT molecular complexity index is 904. The molecule has 3 aromatic heterocycles. The van der Waals surface area contributed by atoms with Crippen molar-refractivity contribution in [3.05, 3.63) is 66.4 Å². The van der Waals surface area contributed by atoms with Crippen LogP contribution in [0, 0.1) is 5.92 Å². The Morgan fingerprint density at radius 2 is 2.08 bits per heavy atom. The topological polar surface area (TPSA) is 79.6 Å². The fraction of sp³-hybridized carbons (Fsp3) is 0.263. The number of carbonyl (C=O) groups excluding carboxylic acids is 2. The number of imidazole rings is 1. The first-order valence-corrected chi connectivity index (χ1v) is 8.57. The predicted octanol–water partition coefficient (Wildman–Crippen LogP) is 1.39. The number of likely N-dealkylation sites (tertiary alicyclic amines) is 1. The van der Waals surface area contributed by atoms with Gasteiger partial charge < -0.3 is 14.6 Å². The van der Waals surface area contributed by atoms with Crippen molar-refractivity contribution in [2.75, 3.05) is 6.54 Å². The molecule has 132 valence electrons. The van der Waals surface area contributed by atoms with E-state index in [1.165, 1.54) is 0 Å². The third-order valence-electron chi connectivity index (χ3n) is 4.52. The molecule has 0 aliphatic carbocycles. The zero-order chi connectivity index (χ0) is 17.9. The van der Waals surface area contributed by atoms with Gasteiger partial charge >= 0.3 is 0 Å². The molecule has 0 radical (unpaired) electrons. The molecule has 4 rings (SSSR count). The Labute approximate surface area is 150 Å². The van der Waals surface area contributed by atoms with Crippen LogP contribution in [0.4, 0.5) is 0 Å². The van der Waals surface area contributed by atoms with Gasteiger partial charge in [0.05, 0.1) is 30.4 Å². The van der Waals surface area contributed by atoms with E-state index in [0.717, 1.165) is 17.0 Å². The summed E-state index contributed by atoms with van der Waals surface area (Å²) < 4.78 is 1.91. The molecule has 7 nitrogen and oxygen atoms in total. The van der Waals surface area contributed by atoms with E-state index in [4.69, 9.17) is 0 Å². The van der Waals surface area contributed by atoms with Crippen LogP contribution in [0.2, 0.25) is 0 Å². The first kappa shape index (κ1) is 16.3. The normalized spacial score (nSPS) is 17.0. The van der Waals surface area contributed by atoms with Crippen LogP contribution in [-0.4, -0.2) is 37.6 Å². The van der Waals surface area contributed by atoms with Crippen LogP contribution in [0.3, 0.4) is 0 Å². The third-order valence-corrected chi connectivity index (χ3v) is 4.52. The van der Waals surface area contributed by atoms with Gasteiger partial charge in [0, 0.05) is 31.6 Å². The number of nitrogens with zero attached hydrogens (tertiary/aromatic N) is 4. The van der Waals surface area contributed by atoms with E-state index in [1.807, 2.05) is 53.2 Å². The number of aromatic nitrogens is 3. The molecule has 1 saturated heterocycles. The zero-order valence-corrected chi connectivity index (χ0v) is 14.2. The largest absolute Gasteiger partial charge is 0.350 e. The summed E-state index contributed by atoms with van der Waals surface area (Å²) in [5.41, 5.74) is 2.46. The van der Waals surface area contributed by atoms with Crippen molar-refractivity contribution in [1.29, 1.82) is 0 Å². The molecule has 0 bridgehead atoms. The summed E-state index contributed by atoms with van der Waals surface area (Å²) >= 11 is 0. The van der Waals surface area contributed by atoms with E-state index < -0.39 is 0 Å². The van der Waals surface area contributed by atoms with Crippen molar-refractivity contribution in [1.82, 2.24) is 24.6 Å². The SMILES string of the molecule is O=C(NCc1cn2ccccc2n1)[C@@H]1CC(=O)N(Cc2ccccn2)C1.